The van der Waals surface area contributed by atoms with Crippen LogP contribution in [-0.4, -0.2) is 23.5 Å². The number of nitrogens with zero attached hydrogens (tertiary/aromatic N) is 1. The summed E-state index contributed by atoms with van der Waals surface area (Å²) in [6.07, 6.45) is 1.75. The Labute approximate surface area is 109 Å². The van der Waals surface area contributed by atoms with Gasteiger partial charge in [0, 0.05) is 22.2 Å². The molecule has 2 rings (SSSR count). The molecule has 1 amide bonds. The molecule has 0 bridgehead atoms. The molecule has 1 aromatic carbocycles. The average molecular weight is 330 g/mol. The van der Waals surface area contributed by atoms with E-state index in [4.69, 9.17) is 0 Å². The smallest absolute Gasteiger partial charge is 0.224 e. The number of para-hydroxylation sites is 1. The van der Waals surface area contributed by atoms with E-state index in [9.17, 15) is 4.79 Å². The minimum Gasteiger partial charge on any atom is -0.364 e. The maximum Gasteiger partial charge on any atom is 0.224 e. The van der Waals surface area contributed by atoms with Gasteiger partial charge >= 0.3 is 0 Å². The molecule has 1 fully saturated rings. The van der Waals surface area contributed by atoms with Crippen LogP contribution in [-0.2, 0) is 4.79 Å². The van der Waals surface area contributed by atoms with E-state index in [0.29, 0.717) is 6.42 Å². The van der Waals surface area contributed by atoms with Crippen LogP contribution in [0, 0.1) is 3.57 Å². The lowest BCUT2D eigenvalue weighted by molar-refractivity contribution is -0.128. The first-order valence-corrected chi connectivity index (χ1v) is 6.57. The van der Waals surface area contributed by atoms with E-state index in [-0.39, 0.29) is 12.1 Å². The van der Waals surface area contributed by atoms with E-state index >= 15 is 0 Å². The highest BCUT2D eigenvalue weighted by Crippen LogP contribution is 2.20. The topological polar surface area (TPSA) is 32.3 Å². The zero-order chi connectivity index (χ0) is 11.5. The molecule has 0 aromatic heterocycles. The van der Waals surface area contributed by atoms with Crippen molar-refractivity contribution in [1.82, 2.24) is 4.90 Å². The third-order valence-corrected chi connectivity index (χ3v) is 3.76. The lowest BCUT2D eigenvalue weighted by Crippen LogP contribution is -2.39. The highest BCUT2D eigenvalue weighted by molar-refractivity contribution is 14.1. The Bertz CT molecular complexity index is 394. The van der Waals surface area contributed by atoms with E-state index in [1.165, 1.54) is 3.57 Å². The standard InChI is InChI=1S/C12H15IN2O/c1-9(15-8-4-7-12(15)16)14-11-6-3-2-5-10(11)13/h2-3,5-6,9,14H,4,7-8H2,1H3/t9-/m1/s1. The number of hydrogen-bond donors (Lipinski definition) is 1. The Hall–Kier alpha value is -0.780. The van der Waals surface area contributed by atoms with Crippen molar-refractivity contribution >= 4 is 34.2 Å². The summed E-state index contributed by atoms with van der Waals surface area (Å²) in [6, 6.07) is 8.11. The van der Waals surface area contributed by atoms with Crippen LogP contribution in [0.25, 0.3) is 0 Å². The summed E-state index contributed by atoms with van der Waals surface area (Å²) in [5, 5.41) is 3.38. The lowest BCUT2D eigenvalue weighted by atomic mass is 10.3. The zero-order valence-electron chi connectivity index (χ0n) is 9.24. The summed E-state index contributed by atoms with van der Waals surface area (Å²) < 4.78 is 1.18. The third-order valence-electron chi connectivity index (χ3n) is 2.82. The van der Waals surface area contributed by atoms with Crippen molar-refractivity contribution in [3.8, 4) is 0 Å². The van der Waals surface area contributed by atoms with Crippen LogP contribution in [0.5, 0.6) is 0 Å². The normalized spacial score (nSPS) is 17.6. The lowest BCUT2D eigenvalue weighted by Gasteiger charge is -2.26. The van der Waals surface area contributed by atoms with Crippen molar-refractivity contribution in [2.24, 2.45) is 0 Å². The van der Waals surface area contributed by atoms with Crippen LogP contribution in [0.15, 0.2) is 24.3 Å². The quantitative estimate of drug-likeness (QED) is 0.865. The number of likely N-dealkylation sites (tertiary alicyclic amines) is 1. The van der Waals surface area contributed by atoms with Crippen molar-refractivity contribution in [2.45, 2.75) is 25.9 Å². The third kappa shape index (κ3) is 2.48. The Balaban J connectivity index is 2.04. The Morgan fingerprint density at radius 1 is 1.44 bits per heavy atom. The number of carbonyl (C=O) groups is 1. The van der Waals surface area contributed by atoms with E-state index in [1.807, 2.05) is 30.0 Å². The SMILES string of the molecule is C[C@H](Nc1ccccc1I)N1CCCC1=O. The van der Waals surface area contributed by atoms with Crippen LogP contribution in [0.3, 0.4) is 0 Å². The fourth-order valence-corrected chi connectivity index (χ4v) is 2.50. The van der Waals surface area contributed by atoms with Gasteiger partial charge in [-0.2, -0.15) is 0 Å². The van der Waals surface area contributed by atoms with Crippen LogP contribution < -0.4 is 5.32 Å². The molecule has 1 aliphatic heterocycles. The van der Waals surface area contributed by atoms with E-state index in [2.05, 4.69) is 34.0 Å². The second-order valence-corrected chi connectivity index (χ2v) is 5.15. The van der Waals surface area contributed by atoms with Crippen molar-refractivity contribution in [3.63, 3.8) is 0 Å². The molecule has 1 atom stereocenters. The van der Waals surface area contributed by atoms with Crippen molar-refractivity contribution < 1.29 is 4.79 Å². The number of rotatable bonds is 3. The number of amides is 1. The Kier molecular flexibility index (Phi) is 3.68. The van der Waals surface area contributed by atoms with Gasteiger partial charge in [-0.3, -0.25) is 4.79 Å². The van der Waals surface area contributed by atoms with Crippen LogP contribution in [0.2, 0.25) is 0 Å². The molecule has 0 radical (unpaired) electrons. The molecule has 1 saturated heterocycles. The maximum atomic E-state index is 11.6. The van der Waals surface area contributed by atoms with Gasteiger partial charge in [0.15, 0.2) is 0 Å². The van der Waals surface area contributed by atoms with E-state index < -0.39 is 0 Å². The van der Waals surface area contributed by atoms with Gasteiger partial charge in [0.25, 0.3) is 0 Å². The molecule has 3 nitrogen and oxygen atoms in total. The number of halogens is 1. The molecule has 0 spiro atoms. The molecular weight excluding hydrogens is 315 g/mol. The summed E-state index contributed by atoms with van der Waals surface area (Å²) >= 11 is 2.30. The van der Waals surface area contributed by atoms with Gasteiger partial charge < -0.3 is 10.2 Å². The van der Waals surface area contributed by atoms with Crippen molar-refractivity contribution in [2.75, 3.05) is 11.9 Å². The highest BCUT2D eigenvalue weighted by atomic mass is 127. The summed E-state index contributed by atoms with van der Waals surface area (Å²) in [7, 11) is 0. The van der Waals surface area contributed by atoms with Gasteiger partial charge in [-0.25, -0.2) is 0 Å². The Morgan fingerprint density at radius 3 is 2.81 bits per heavy atom. The number of benzene rings is 1. The molecule has 1 N–H and O–H groups in total. The first-order valence-electron chi connectivity index (χ1n) is 5.49. The molecule has 1 heterocycles. The van der Waals surface area contributed by atoms with Gasteiger partial charge in [0.1, 0.15) is 0 Å². The summed E-state index contributed by atoms with van der Waals surface area (Å²) in [6.45, 7) is 2.91. The molecule has 16 heavy (non-hydrogen) atoms. The number of anilines is 1. The summed E-state index contributed by atoms with van der Waals surface area (Å²) in [4.78, 5) is 13.5. The molecular formula is C12H15IN2O. The van der Waals surface area contributed by atoms with Crippen LogP contribution in [0.4, 0.5) is 5.69 Å². The molecule has 86 valence electrons. The largest absolute Gasteiger partial charge is 0.364 e. The van der Waals surface area contributed by atoms with E-state index in [0.717, 1.165) is 18.7 Å². The number of carbonyl (C=O) groups excluding carboxylic acids is 1. The molecule has 0 saturated carbocycles. The van der Waals surface area contributed by atoms with E-state index in [1.54, 1.807) is 0 Å². The minimum absolute atomic E-state index is 0.0749. The molecule has 1 aromatic rings. The molecule has 0 unspecified atom stereocenters. The molecule has 0 aliphatic carbocycles. The van der Waals surface area contributed by atoms with Crippen molar-refractivity contribution in [3.05, 3.63) is 27.8 Å². The Morgan fingerprint density at radius 2 is 2.19 bits per heavy atom. The van der Waals surface area contributed by atoms with Crippen LogP contribution in [0.1, 0.15) is 19.8 Å². The average Bonchev–Trinajstić information content (AvgIpc) is 2.68. The fraction of sp³-hybridized carbons (Fsp3) is 0.417. The molecule has 4 heteroatoms. The zero-order valence-corrected chi connectivity index (χ0v) is 11.4. The predicted molar refractivity (Wildman–Crippen MR) is 73.2 cm³/mol. The monoisotopic (exact) mass is 330 g/mol. The molecule has 1 aliphatic rings. The second kappa shape index (κ2) is 5.03. The minimum atomic E-state index is 0.0749. The van der Waals surface area contributed by atoms with Crippen LogP contribution >= 0.6 is 22.6 Å². The van der Waals surface area contributed by atoms with Crippen molar-refractivity contribution in [1.29, 1.82) is 0 Å². The van der Waals surface area contributed by atoms with Gasteiger partial charge in [-0.15, -0.1) is 0 Å². The van der Waals surface area contributed by atoms with Gasteiger partial charge in [0.2, 0.25) is 5.91 Å². The maximum absolute atomic E-state index is 11.6. The fourth-order valence-electron chi connectivity index (χ4n) is 1.96. The second-order valence-electron chi connectivity index (χ2n) is 3.99. The highest BCUT2D eigenvalue weighted by Gasteiger charge is 2.24. The number of hydrogen-bond acceptors (Lipinski definition) is 2. The first-order chi connectivity index (χ1) is 7.68. The van der Waals surface area contributed by atoms with Gasteiger partial charge in [0.05, 0.1) is 6.17 Å². The van der Waals surface area contributed by atoms with Gasteiger partial charge in [-0.1, -0.05) is 12.1 Å². The predicted octanol–water partition coefficient (Wildman–Crippen LogP) is 2.67. The van der Waals surface area contributed by atoms with Gasteiger partial charge in [-0.05, 0) is 48.1 Å². The first kappa shape index (κ1) is 11.7. The summed E-state index contributed by atoms with van der Waals surface area (Å²) in [5.74, 6) is 0.255. The summed E-state index contributed by atoms with van der Waals surface area (Å²) in [5.41, 5.74) is 1.09. The number of nitrogens with one attached hydrogen (secondary N) is 1.